The van der Waals surface area contributed by atoms with Gasteiger partial charge in [-0.1, -0.05) is 42.1 Å². The van der Waals surface area contributed by atoms with Crippen molar-refractivity contribution in [2.24, 2.45) is 0 Å². The van der Waals surface area contributed by atoms with E-state index in [9.17, 15) is 4.79 Å². The minimum Gasteiger partial charge on any atom is -0.338 e. The van der Waals surface area contributed by atoms with E-state index in [1.165, 1.54) is 10.6 Å². The monoisotopic (exact) mass is 469 g/mol. The maximum atomic E-state index is 13.0. The molecule has 0 saturated carbocycles. The third kappa shape index (κ3) is 4.42. The molecule has 5 nitrogen and oxygen atoms in total. The van der Waals surface area contributed by atoms with E-state index in [1.807, 2.05) is 47.9 Å². The SMILES string of the molecule is Cc1cc(/C=C2\Sc3ccccc3N2C)nc(SC(=O)c2ccncc2)[n+]1-c1ccccc1. The molecule has 7 heteroatoms. The van der Waals surface area contributed by atoms with Crippen LogP contribution in [0.5, 0.6) is 0 Å². The van der Waals surface area contributed by atoms with Crippen molar-refractivity contribution in [3.63, 3.8) is 0 Å². The van der Waals surface area contributed by atoms with Gasteiger partial charge < -0.3 is 4.90 Å². The first-order chi connectivity index (χ1) is 16.1. The largest absolute Gasteiger partial charge is 0.373 e. The lowest BCUT2D eigenvalue weighted by Gasteiger charge is -2.13. The summed E-state index contributed by atoms with van der Waals surface area (Å²) in [6.45, 7) is 2.04. The molecule has 0 N–H and O–H groups in total. The molecular formula is C26H21N4OS2+. The lowest BCUT2D eigenvalue weighted by Crippen LogP contribution is -2.38. The summed E-state index contributed by atoms with van der Waals surface area (Å²) < 4.78 is 2.02. The number of pyridine rings is 1. The quantitative estimate of drug-likeness (QED) is 0.222. The van der Waals surface area contributed by atoms with Gasteiger partial charge in [0.2, 0.25) is 5.12 Å². The summed E-state index contributed by atoms with van der Waals surface area (Å²) in [5, 5.41) is 1.65. The van der Waals surface area contributed by atoms with Gasteiger partial charge >= 0.3 is 5.16 Å². The Bertz CT molecular complexity index is 1360. The molecule has 2 aromatic carbocycles. The predicted octanol–water partition coefficient (Wildman–Crippen LogP) is 5.53. The molecule has 0 saturated heterocycles. The molecular weight excluding hydrogens is 448 g/mol. The molecule has 2 aromatic heterocycles. The molecule has 33 heavy (non-hydrogen) atoms. The maximum Gasteiger partial charge on any atom is 0.373 e. The molecule has 1 aliphatic heterocycles. The van der Waals surface area contributed by atoms with Crippen molar-refractivity contribution in [3.05, 3.63) is 107 Å². The number of benzene rings is 2. The molecule has 3 heterocycles. The van der Waals surface area contributed by atoms with Crippen molar-refractivity contribution in [1.29, 1.82) is 0 Å². The summed E-state index contributed by atoms with van der Waals surface area (Å²) in [6, 6.07) is 23.8. The average molecular weight is 470 g/mol. The number of para-hydroxylation sites is 2. The number of aromatic nitrogens is 3. The van der Waals surface area contributed by atoms with Gasteiger partial charge in [0.05, 0.1) is 10.7 Å². The van der Waals surface area contributed by atoms with Crippen molar-refractivity contribution >= 4 is 40.4 Å². The molecule has 0 spiro atoms. The second kappa shape index (κ2) is 9.21. The second-order valence-corrected chi connectivity index (χ2v) is 9.51. The van der Waals surface area contributed by atoms with E-state index in [0.717, 1.165) is 33.9 Å². The number of hydrogen-bond donors (Lipinski definition) is 0. The Balaban J connectivity index is 1.56. The summed E-state index contributed by atoms with van der Waals surface area (Å²) >= 11 is 2.85. The van der Waals surface area contributed by atoms with Crippen LogP contribution < -0.4 is 9.47 Å². The number of fused-ring (bicyclic) bond motifs is 1. The summed E-state index contributed by atoms with van der Waals surface area (Å²) in [5.41, 5.74) is 4.55. The minimum atomic E-state index is -0.0708. The number of anilines is 1. The van der Waals surface area contributed by atoms with Crippen LogP contribution in [-0.4, -0.2) is 22.1 Å². The van der Waals surface area contributed by atoms with Gasteiger partial charge in [0.15, 0.2) is 5.69 Å². The zero-order valence-corrected chi connectivity index (χ0v) is 19.8. The fraction of sp³-hybridized carbons (Fsp3) is 0.0769. The van der Waals surface area contributed by atoms with Crippen LogP contribution in [0.25, 0.3) is 11.8 Å². The van der Waals surface area contributed by atoms with E-state index in [2.05, 4.69) is 47.3 Å². The summed E-state index contributed by atoms with van der Waals surface area (Å²) in [7, 11) is 2.06. The number of rotatable bonds is 4. The van der Waals surface area contributed by atoms with Crippen LogP contribution >= 0.6 is 23.5 Å². The summed E-state index contributed by atoms with van der Waals surface area (Å²) in [4.78, 5) is 25.3. The Morgan fingerprint density at radius 3 is 2.52 bits per heavy atom. The van der Waals surface area contributed by atoms with Gasteiger partial charge in [-0.25, -0.2) is 0 Å². The number of hydrogen-bond acceptors (Lipinski definition) is 6. The first-order valence-corrected chi connectivity index (χ1v) is 12.1. The van der Waals surface area contributed by atoms with Crippen molar-refractivity contribution < 1.29 is 9.36 Å². The Morgan fingerprint density at radius 1 is 1.03 bits per heavy atom. The Morgan fingerprint density at radius 2 is 1.76 bits per heavy atom. The van der Waals surface area contributed by atoms with E-state index in [0.29, 0.717) is 10.7 Å². The van der Waals surface area contributed by atoms with E-state index in [1.54, 1.807) is 36.3 Å². The van der Waals surface area contributed by atoms with Crippen LogP contribution in [0.15, 0.2) is 100 Å². The number of aryl methyl sites for hydroxylation is 1. The second-order valence-electron chi connectivity index (χ2n) is 7.51. The fourth-order valence-electron chi connectivity index (χ4n) is 3.66. The first-order valence-electron chi connectivity index (χ1n) is 10.4. The van der Waals surface area contributed by atoms with Crippen LogP contribution in [0.3, 0.4) is 0 Å². The summed E-state index contributed by atoms with van der Waals surface area (Å²) in [5.74, 6) is 0. The molecule has 0 bridgehead atoms. The fourth-order valence-corrected chi connectivity index (χ4v) is 5.67. The van der Waals surface area contributed by atoms with E-state index >= 15 is 0 Å². The van der Waals surface area contributed by atoms with Gasteiger partial charge in [-0.2, -0.15) is 4.57 Å². The molecule has 1 aliphatic rings. The highest BCUT2D eigenvalue weighted by Gasteiger charge is 2.26. The van der Waals surface area contributed by atoms with Gasteiger partial charge in [0, 0.05) is 53.8 Å². The molecule has 162 valence electrons. The smallest absolute Gasteiger partial charge is 0.338 e. The van der Waals surface area contributed by atoms with Crippen LogP contribution in [0.2, 0.25) is 0 Å². The lowest BCUT2D eigenvalue weighted by molar-refractivity contribution is -0.647. The molecule has 0 atom stereocenters. The van der Waals surface area contributed by atoms with Crippen LogP contribution in [0.4, 0.5) is 5.69 Å². The zero-order valence-electron chi connectivity index (χ0n) is 18.2. The molecule has 0 amide bonds. The third-order valence-electron chi connectivity index (χ3n) is 5.28. The van der Waals surface area contributed by atoms with Crippen LogP contribution in [0.1, 0.15) is 21.7 Å². The highest BCUT2D eigenvalue weighted by atomic mass is 32.2. The average Bonchev–Trinajstić information content (AvgIpc) is 3.15. The molecule has 5 rings (SSSR count). The van der Waals surface area contributed by atoms with Crippen LogP contribution in [-0.2, 0) is 0 Å². The van der Waals surface area contributed by atoms with Crippen LogP contribution in [0, 0.1) is 6.92 Å². The summed E-state index contributed by atoms with van der Waals surface area (Å²) in [6.07, 6.45) is 5.33. The van der Waals surface area contributed by atoms with Crippen molar-refractivity contribution in [2.75, 3.05) is 11.9 Å². The molecule has 0 radical (unpaired) electrons. The van der Waals surface area contributed by atoms with Crippen molar-refractivity contribution in [2.45, 2.75) is 17.0 Å². The highest BCUT2D eigenvalue weighted by Crippen LogP contribution is 2.45. The minimum absolute atomic E-state index is 0.0708. The maximum absolute atomic E-state index is 13.0. The Labute approximate surface area is 201 Å². The first kappa shape index (κ1) is 21.4. The van der Waals surface area contributed by atoms with Gasteiger partial charge in [0.1, 0.15) is 11.4 Å². The van der Waals surface area contributed by atoms with E-state index in [4.69, 9.17) is 4.98 Å². The predicted molar refractivity (Wildman–Crippen MR) is 134 cm³/mol. The standard InChI is InChI=1S/C26H21N4OS2/c1-18-16-20(17-24-29(2)22-10-6-7-11-23(22)32-24)28-26(30(18)21-8-4-3-5-9-21)33-25(31)19-12-14-27-15-13-19/h3-17H,1-2H3/q+1. The van der Waals surface area contributed by atoms with Gasteiger partial charge in [-0.05, 0) is 48.3 Å². The molecule has 0 unspecified atom stereocenters. The van der Waals surface area contributed by atoms with E-state index in [-0.39, 0.29) is 5.12 Å². The third-order valence-corrected chi connectivity index (χ3v) is 7.33. The van der Waals surface area contributed by atoms with Crippen molar-refractivity contribution in [1.82, 2.24) is 9.97 Å². The molecule has 0 fully saturated rings. The number of thioether (sulfide) groups is 2. The lowest BCUT2D eigenvalue weighted by atomic mass is 10.2. The number of nitrogens with zero attached hydrogens (tertiary/aromatic N) is 4. The highest BCUT2D eigenvalue weighted by molar-refractivity contribution is 8.13. The molecule has 4 aromatic rings. The van der Waals surface area contributed by atoms with Gasteiger partial charge in [-0.15, -0.1) is 0 Å². The van der Waals surface area contributed by atoms with Gasteiger partial charge in [-0.3, -0.25) is 9.78 Å². The normalized spacial score (nSPS) is 13.9. The molecule has 0 aliphatic carbocycles. The Hall–Kier alpha value is -3.42. The number of carbonyl (C=O) groups excluding carboxylic acids is 1. The Kier molecular flexibility index (Phi) is 5.98. The number of carbonyl (C=O) groups is 1. The van der Waals surface area contributed by atoms with Crippen molar-refractivity contribution in [3.8, 4) is 5.69 Å². The zero-order chi connectivity index (χ0) is 22.8. The van der Waals surface area contributed by atoms with E-state index < -0.39 is 0 Å². The topological polar surface area (TPSA) is 50.0 Å². The van der Waals surface area contributed by atoms with Gasteiger partial charge in [0.25, 0.3) is 0 Å².